The third-order valence-corrected chi connectivity index (χ3v) is 6.15. The van der Waals surface area contributed by atoms with Crippen molar-refractivity contribution in [3.63, 3.8) is 0 Å². The lowest BCUT2D eigenvalue weighted by Gasteiger charge is -2.31. The van der Waals surface area contributed by atoms with Gasteiger partial charge in [-0.3, -0.25) is 14.6 Å². The monoisotopic (exact) mass is 519 g/mol. The molecule has 37 heavy (non-hydrogen) atoms. The van der Waals surface area contributed by atoms with E-state index in [1.165, 1.54) is 25.3 Å². The molecule has 194 valence electrons. The molecule has 0 saturated heterocycles. The van der Waals surface area contributed by atoms with Gasteiger partial charge in [-0.2, -0.15) is 13.2 Å². The molecule has 2 aromatic heterocycles. The van der Waals surface area contributed by atoms with Gasteiger partial charge in [-0.1, -0.05) is 0 Å². The molecule has 0 radical (unpaired) electrons. The molecule has 0 spiro atoms. The number of ether oxygens (including phenoxy) is 1. The second-order valence-electron chi connectivity index (χ2n) is 8.81. The van der Waals surface area contributed by atoms with Crippen molar-refractivity contribution in [2.45, 2.75) is 31.0 Å². The number of nitrogens with two attached hydrogens (primary N) is 1. The summed E-state index contributed by atoms with van der Waals surface area (Å²) in [7, 11) is 0. The molecule has 13 heteroatoms. The Kier molecular flexibility index (Phi) is 6.36. The van der Waals surface area contributed by atoms with Crippen molar-refractivity contribution < 1.29 is 37.0 Å². The summed E-state index contributed by atoms with van der Waals surface area (Å²) in [6.45, 7) is 1.36. The fourth-order valence-electron chi connectivity index (χ4n) is 3.75. The van der Waals surface area contributed by atoms with Crippen molar-refractivity contribution in [3.8, 4) is 17.0 Å². The van der Waals surface area contributed by atoms with E-state index in [0.717, 1.165) is 24.4 Å². The number of amides is 2. The molecule has 4 rings (SSSR count). The van der Waals surface area contributed by atoms with Crippen molar-refractivity contribution in [2.24, 2.45) is 5.73 Å². The number of carbonyl (C=O) groups is 2. The first-order valence-electron chi connectivity index (χ1n) is 10.9. The number of aliphatic hydroxyl groups is 1. The van der Waals surface area contributed by atoms with Gasteiger partial charge in [0.15, 0.2) is 0 Å². The van der Waals surface area contributed by atoms with Crippen LogP contribution in [0.2, 0.25) is 0 Å². The number of aromatic nitrogens is 3. The maximum atomic E-state index is 14.3. The highest BCUT2D eigenvalue weighted by Gasteiger charge is 2.57. The highest BCUT2D eigenvalue weighted by Crippen LogP contribution is 2.47. The second-order valence-corrected chi connectivity index (χ2v) is 8.81. The second kappa shape index (κ2) is 9.07. The van der Waals surface area contributed by atoms with Gasteiger partial charge >= 0.3 is 6.18 Å². The molecule has 9 nitrogen and oxygen atoms in total. The third-order valence-electron chi connectivity index (χ3n) is 6.15. The number of pyridine rings is 1. The molecule has 0 saturated carbocycles. The van der Waals surface area contributed by atoms with Crippen LogP contribution in [0.15, 0.2) is 42.7 Å². The smallest absolute Gasteiger partial charge is 0.424 e. The van der Waals surface area contributed by atoms with Crippen LogP contribution >= 0.6 is 0 Å². The Morgan fingerprint density at radius 3 is 2.43 bits per heavy atom. The lowest BCUT2D eigenvalue weighted by atomic mass is 9.81. The van der Waals surface area contributed by atoms with E-state index in [1.54, 1.807) is 6.92 Å². The summed E-state index contributed by atoms with van der Waals surface area (Å²) in [5.74, 6) is -2.52. The number of halogens is 4. The molecule has 2 atom stereocenters. The summed E-state index contributed by atoms with van der Waals surface area (Å²) in [4.78, 5) is 36.4. The summed E-state index contributed by atoms with van der Waals surface area (Å²) in [6, 6.07) is 5.53. The van der Waals surface area contributed by atoms with Crippen LogP contribution in [0.4, 0.5) is 17.6 Å². The Bertz CT molecular complexity index is 1370. The molecule has 1 aromatic carbocycles. The molecule has 4 N–H and O–H groups in total. The Balaban J connectivity index is 1.84. The summed E-state index contributed by atoms with van der Waals surface area (Å²) >= 11 is 0. The zero-order chi connectivity index (χ0) is 27.2. The number of carbonyl (C=O) groups excluding carboxylic acids is 2. The van der Waals surface area contributed by atoms with Crippen molar-refractivity contribution in [3.05, 3.63) is 71.2 Å². The van der Waals surface area contributed by atoms with Crippen LogP contribution in [0.25, 0.3) is 11.3 Å². The average molecular weight is 519 g/mol. The minimum Gasteiger partial charge on any atom is -0.489 e. The van der Waals surface area contributed by atoms with Crippen LogP contribution in [0, 0.1) is 12.7 Å². The Labute approximate surface area is 207 Å². The van der Waals surface area contributed by atoms with Gasteiger partial charge in [0.1, 0.15) is 35.0 Å². The lowest BCUT2D eigenvalue weighted by molar-refractivity contribution is -0.265. The van der Waals surface area contributed by atoms with Gasteiger partial charge in [-0.05, 0) is 44.2 Å². The van der Waals surface area contributed by atoms with E-state index >= 15 is 0 Å². The zero-order valence-electron chi connectivity index (χ0n) is 19.6. The van der Waals surface area contributed by atoms with E-state index in [2.05, 4.69) is 15.0 Å². The minimum atomic E-state index is -5.33. The van der Waals surface area contributed by atoms with Crippen molar-refractivity contribution >= 4 is 11.8 Å². The number of benzene rings is 1. The SMILES string of the molecule is Cc1cnc(C(=O)NCC(O)(c2cc3c(c(-c4ccc(F)cc4)n2)OC[C@]3(C)C(N)=O)C(F)(F)F)cn1. The minimum absolute atomic E-state index is 0.0276. The van der Waals surface area contributed by atoms with Crippen LogP contribution in [-0.2, 0) is 15.8 Å². The van der Waals surface area contributed by atoms with Crippen molar-refractivity contribution in [2.75, 3.05) is 13.2 Å². The van der Waals surface area contributed by atoms with Crippen LogP contribution in [0.1, 0.15) is 34.4 Å². The first-order valence-corrected chi connectivity index (χ1v) is 10.9. The predicted octanol–water partition coefficient (Wildman–Crippen LogP) is 2.30. The van der Waals surface area contributed by atoms with E-state index in [9.17, 15) is 32.3 Å². The number of nitrogens with zero attached hydrogens (tertiary/aromatic N) is 3. The Morgan fingerprint density at radius 2 is 1.86 bits per heavy atom. The van der Waals surface area contributed by atoms with Crippen LogP contribution in [0.3, 0.4) is 0 Å². The number of hydrogen-bond donors (Lipinski definition) is 3. The standard InChI is InChI=1S/C24H21F4N5O4/c1-12-8-31-16(9-30-12)20(34)32-10-23(36,24(26,27)28)17-7-15-19(37-11-22(15,2)21(29)35)18(33-17)13-3-5-14(25)6-4-13/h3-9,36H,10-11H2,1-2H3,(H2,29,35)(H,32,34)/t22-,23?/m0/s1. The highest BCUT2D eigenvalue weighted by molar-refractivity contribution is 5.92. The molecule has 0 aliphatic carbocycles. The van der Waals surface area contributed by atoms with E-state index in [1.807, 2.05) is 5.32 Å². The first kappa shape index (κ1) is 25.9. The number of rotatable bonds is 6. The highest BCUT2D eigenvalue weighted by atomic mass is 19.4. The normalized spacial score (nSPS) is 18.5. The van der Waals surface area contributed by atoms with Crippen LogP contribution in [0.5, 0.6) is 5.75 Å². The molecule has 0 fully saturated rings. The number of hydrogen-bond acceptors (Lipinski definition) is 7. The molecule has 3 heterocycles. The van der Waals surface area contributed by atoms with Crippen LogP contribution < -0.4 is 15.8 Å². The molecule has 2 amide bonds. The number of nitrogens with one attached hydrogen (secondary N) is 1. The largest absolute Gasteiger partial charge is 0.489 e. The fourth-order valence-corrected chi connectivity index (χ4v) is 3.75. The summed E-state index contributed by atoms with van der Waals surface area (Å²) in [6.07, 6.45) is -3.00. The van der Waals surface area contributed by atoms with E-state index in [0.29, 0.717) is 5.69 Å². The van der Waals surface area contributed by atoms with Gasteiger partial charge in [0.05, 0.1) is 24.1 Å². The quantitative estimate of drug-likeness (QED) is 0.425. The van der Waals surface area contributed by atoms with Gasteiger partial charge in [-0.25, -0.2) is 14.4 Å². The van der Waals surface area contributed by atoms with E-state index in [-0.39, 0.29) is 34.9 Å². The van der Waals surface area contributed by atoms with Gasteiger partial charge in [0.2, 0.25) is 11.5 Å². The van der Waals surface area contributed by atoms with Gasteiger partial charge in [0, 0.05) is 17.3 Å². The topological polar surface area (TPSA) is 140 Å². The van der Waals surface area contributed by atoms with Gasteiger partial charge in [-0.15, -0.1) is 0 Å². The number of fused-ring (bicyclic) bond motifs is 1. The first-order chi connectivity index (χ1) is 17.3. The number of aryl methyl sites for hydroxylation is 1. The molecular formula is C24H21F4N5O4. The molecule has 1 aliphatic heterocycles. The lowest BCUT2D eigenvalue weighted by Crippen LogP contribution is -2.52. The van der Waals surface area contributed by atoms with Crippen LogP contribution in [-0.4, -0.2) is 51.2 Å². The van der Waals surface area contributed by atoms with Crippen molar-refractivity contribution in [1.29, 1.82) is 0 Å². The molecule has 3 aromatic rings. The van der Waals surface area contributed by atoms with E-state index < -0.39 is 47.1 Å². The third kappa shape index (κ3) is 4.57. The number of primary amides is 1. The molecule has 1 unspecified atom stereocenters. The average Bonchev–Trinajstić information content (AvgIpc) is 3.20. The number of alkyl halides is 3. The fraction of sp³-hybridized carbons (Fsp3) is 0.292. The van der Waals surface area contributed by atoms with Crippen molar-refractivity contribution in [1.82, 2.24) is 20.3 Å². The molecular weight excluding hydrogens is 498 g/mol. The summed E-state index contributed by atoms with van der Waals surface area (Å²) in [5.41, 5.74) is -0.470. The predicted molar refractivity (Wildman–Crippen MR) is 121 cm³/mol. The summed E-state index contributed by atoms with van der Waals surface area (Å²) in [5, 5.41) is 13.0. The maximum absolute atomic E-state index is 14.3. The Morgan fingerprint density at radius 1 is 1.19 bits per heavy atom. The molecule has 1 aliphatic rings. The van der Waals surface area contributed by atoms with Gasteiger partial charge < -0.3 is 20.9 Å². The Hall–Kier alpha value is -4.13. The summed E-state index contributed by atoms with van der Waals surface area (Å²) < 4.78 is 62.2. The maximum Gasteiger partial charge on any atom is 0.424 e. The van der Waals surface area contributed by atoms with Gasteiger partial charge in [0.25, 0.3) is 5.91 Å². The zero-order valence-corrected chi connectivity index (χ0v) is 19.6. The van der Waals surface area contributed by atoms with E-state index in [4.69, 9.17) is 10.5 Å². The molecule has 0 bridgehead atoms.